The van der Waals surface area contributed by atoms with Gasteiger partial charge in [0.25, 0.3) is 5.91 Å². The van der Waals surface area contributed by atoms with Gasteiger partial charge in [0.1, 0.15) is 11.6 Å². The third-order valence-corrected chi connectivity index (χ3v) is 3.67. The van der Waals surface area contributed by atoms with Crippen molar-refractivity contribution in [2.45, 2.75) is 19.6 Å². The molecule has 3 rings (SSSR count). The molecule has 1 atom stereocenters. The number of amides is 1. The molecule has 0 aliphatic carbocycles. The number of carboxylic acids is 1. The van der Waals surface area contributed by atoms with Gasteiger partial charge < -0.3 is 14.7 Å². The molecule has 1 aliphatic heterocycles. The fourth-order valence-electron chi connectivity index (χ4n) is 2.48. The quantitative estimate of drug-likeness (QED) is 0.946. The lowest BCUT2D eigenvalue weighted by Gasteiger charge is -2.33. The predicted molar refractivity (Wildman–Crippen MR) is 81.1 cm³/mol. The highest BCUT2D eigenvalue weighted by atomic mass is 19.1. The van der Waals surface area contributed by atoms with Gasteiger partial charge >= 0.3 is 5.97 Å². The molecule has 1 N–H and O–H groups in total. The fourth-order valence-corrected chi connectivity index (χ4v) is 2.48. The highest BCUT2D eigenvalue weighted by Crippen LogP contribution is 2.35. The summed E-state index contributed by atoms with van der Waals surface area (Å²) in [5.74, 6) is -1.30. The Bertz CT molecular complexity index is 773. The number of rotatable bonds is 3. The van der Waals surface area contributed by atoms with Gasteiger partial charge in [-0.25, -0.2) is 9.18 Å². The van der Waals surface area contributed by atoms with Gasteiger partial charge in [-0.1, -0.05) is 12.1 Å². The summed E-state index contributed by atoms with van der Waals surface area (Å²) in [6.45, 7) is 1.85. The van der Waals surface area contributed by atoms with Crippen LogP contribution in [0.3, 0.4) is 0 Å². The summed E-state index contributed by atoms with van der Waals surface area (Å²) in [7, 11) is 0. The van der Waals surface area contributed by atoms with E-state index in [0.29, 0.717) is 11.4 Å². The number of anilines is 1. The van der Waals surface area contributed by atoms with Gasteiger partial charge in [-0.05, 0) is 36.8 Å². The average Bonchev–Trinajstić information content (AvgIpc) is 2.53. The zero-order chi connectivity index (χ0) is 16.6. The van der Waals surface area contributed by atoms with E-state index < -0.39 is 17.9 Å². The second kappa shape index (κ2) is 5.72. The van der Waals surface area contributed by atoms with Gasteiger partial charge in [-0.15, -0.1) is 0 Å². The van der Waals surface area contributed by atoms with E-state index in [-0.39, 0.29) is 18.0 Å². The van der Waals surface area contributed by atoms with E-state index in [0.717, 1.165) is 5.56 Å². The van der Waals surface area contributed by atoms with Gasteiger partial charge in [-0.3, -0.25) is 4.79 Å². The summed E-state index contributed by atoms with van der Waals surface area (Å²) in [5.41, 5.74) is 1.28. The molecular formula is C17H14FNO4. The van der Waals surface area contributed by atoms with E-state index in [1.165, 1.54) is 35.2 Å². The summed E-state index contributed by atoms with van der Waals surface area (Å²) in [6, 6.07) is 10.2. The monoisotopic (exact) mass is 315 g/mol. The van der Waals surface area contributed by atoms with Crippen LogP contribution in [0.25, 0.3) is 0 Å². The lowest BCUT2D eigenvalue weighted by atomic mass is 10.1. The third-order valence-electron chi connectivity index (χ3n) is 3.67. The molecule has 0 saturated carbocycles. The van der Waals surface area contributed by atoms with Crippen LogP contribution in [0, 0.1) is 5.82 Å². The van der Waals surface area contributed by atoms with Crippen LogP contribution in [0.5, 0.6) is 5.75 Å². The molecule has 0 bridgehead atoms. The Morgan fingerprint density at radius 2 is 1.96 bits per heavy atom. The van der Waals surface area contributed by atoms with Crippen LogP contribution in [0.4, 0.5) is 10.1 Å². The zero-order valence-corrected chi connectivity index (χ0v) is 12.3. The number of fused-ring (bicyclic) bond motifs is 1. The lowest BCUT2D eigenvalue weighted by Crippen LogP contribution is -2.44. The first-order valence-corrected chi connectivity index (χ1v) is 7.05. The second-order valence-electron chi connectivity index (χ2n) is 5.30. The van der Waals surface area contributed by atoms with Gasteiger partial charge in [0.15, 0.2) is 6.10 Å². The molecule has 6 heteroatoms. The SMILES string of the molecule is C[C@H]1Oc2ccc(F)cc2N(Cc2ccc(C(=O)O)cc2)C1=O. The minimum Gasteiger partial charge on any atom is -0.479 e. The van der Waals surface area contributed by atoms with Crippen molar-refractivity contribution in [3.05, 3.63) is 59.4 Å². The highest BCUT2D eigenvalue weighted by Gasteiger charge is 2.31. The maximum atomic E-state index is 13.5. The molecule has 0 aromatic heterocycles. The molecule has 0 unspecified atom stereocenters. The first-order chi connectivity index (χ1) is 11.0. The maximum absolute atomic E-state index is 13.5. The van der Waals surface area contributed by atoms with Crippen LogP contribution in [0.2, 0.25) is 0 Å². The number of halogens is 1. The number of hydrogen-bond acceptors (Lipinski definition) is 3. The summed E-state index contributed by atoms with van der Waals surface area (Å²) in [4.78, 5) is 24.7. The molecule has 0 saturated heterocycles. The Kier molecular flexibility index (Phi) is 3.73. The maximum Gasteiger partial charge on any atom is 0.335 e. The Morgan fingerprint density at radius 3 is 2.61 bits per heavy atom. The van der Waals surface area contributed by atoms with E-state index in [9.17, 15) is 14.0 Å². The molecule has 1 amide bonds. The third kappa shape index (κ3) is 2.88. The average molecular weight is 315 g/mol. The number of carbonyl (C=O) groups excluding carboxylic acids is 1. The highest BCUT2D eigenvalue weighted by molar-refractivity contribution is 5.99. The van der Waals surface area contributed by atoms with Gasteiger partial charge in [-0.2, -0.15) is 0 Å². The first-order valence-electron chi connectivity index (χ1n) is 7.05. The number of carbonyl (C=O) groups is 2. The summed E-state index contributed by atoms with van der Waals surface area (Å²) < 4.78 is 19.0. The van der Waals surface area contributed by atoms with Crippen LogP contribution in [-0.4, -0.2) is 23.1 Å². The Labute approximate surface area is 131 Å². The second-order valence-corrected chi connectivity index (χ2v) is 5.30. The summed E-state index contributed by atoms with van der Waals surface area (Å²) in [5, 5.41) is 8.91. The van der Waals surface area contributed by atoms with Crippen molar-refractivity contribution in [2.24, 2.45) is 0 Å². The smallest absolute Gasteiger partial charge is 0.335 e. The lowest BCUT2D eigenvalue weighted by molar-refractivity contribution is -0.125. The summed E-state index contributed by atoms with van der Waals surface area (Å²) >= 11 is 0. The Hall–Kier alpha value is -2.89. The molecule has 2 aromatic rings. The number of benzene rings is 2. The van der Waals surface area contributed by atoms with Crippen LogP contribution in [-0.2, 0) is 11.3 Å². The van der Waals surface area contributed by atoms with E-state index >= 15 is 0 Å². The first kappa shape index (κ1) is 15.0. The fraction of sp³-hybridized carbons (Fsp3) is 0.176. The minimum atomic E-state index is -1.01. The number of carboxylic acid groups (broad SMARTS) is 1. The van der Waals surface area contributed by atoms with E-state index in [1.807, 2.05) is 0 Å². The summed E-state index contributed by atoms with van der Waals surface area (Å²) in [6.07, 6.45) is -0.661. The number of hydrogen-bond donors (Lipinski definition) is 1. The van der Waals surface area contributed by atoms with E-state index in [4.69, 9.17) is 9.84 Å². The van der Waals surface area contributed by atoms with Gasteiger partial charge in [0, 0.05) is 6.07 Å². The van der Waals surface area contributed by atoms with Crippen LogP contribution in [0.15, 0.2) is 42.5 Å². The molecule has 1 aliphatic rings. The normalized spacial score (nSPS) is 16.7. The molecule has 0 fully saturated rings. The minimum absolute atomic E-state index is 0.168. The Morgan fingerprint density at radius 1 is 1.26 bits per heavy atom. The topological polar surface area (TPSA) is 66.8 Å². The van der Waals surface area contributed by atoms with Crippen LogP contribution >= 0.6 is 0 Å². The van der Waals surface area contributed by atoms with Crippen molar-refractivity contribution < 1.29 is 23.8 Å². The number of aromatic carboxylic acids is 1. The van der Waals surface area contributed by atoms with Gasteiger partial charge in [0.05, 0.1) is 17.8 Å². The molecule has 0 spiro atoms. The molecule has 118 valence electrons. The van der Waals surface area contributed by atoms with Crippen LogP contribution in [0.1, 0.15) is 22.8 Å². The predicted octanol–water partition coefficient (Wildman–Crippen LogP) is 2.84. The van der Waals surface area contributed by atoms with E-state index in [2.05, 4.69) is 0 Å². The van der Waals surface area contributed by atoms with Gasteiger partial charge in [0.2, 0.25) is 0 Å². The van der Waals surface area contributed by atoms with Crippen molar-refractivity contribution in [2.75, 3.05) is 4.90 Å². The van der Waals surface area contributed by atoms with Crippen molar-refractivity contribution >= 4 is 17.6 Å². The molecule has 23 heavy (non-hydrogen) atoms. The number of ether oxygens (including phenoxy) is 1. The molecular weight excluding hydrogens is 301 g/mol. The Balaban J connectivity index is 1.93. The van der Waals surface area contributed by atoms with Crippen molar-refractivity contribution in [3.63, 3.8) is 0 Å². The van der Waals surface area contributed by atoms with Crippen molar-refractivity contribution in [3.8, 4) is 5.75 Å². The van der Waals surface area contributed by atoms with Crippen LogP contribution < -0.4 is 9.64 Å². The molecule has 5 nitrogen and oxygen atoms in total. The molecule has 1 heterocycles. The van der Waals surface area contributed by atoms with E-state index in [1.54, 1.807) is 19.1 Å². The zero-order valence-electron chi connectivity index (χ0n) is 12.3. The van der Waals surface area contributed by atoms with Crippen molar-refractivity contribution in [1.82, 2.24) is 0 Å². The van der Waals surface area contributed by atoms with Crippen molar-refractivity contribution in [1.29, 1.82) is 0 Å². The largest absolute Gasteiger partial charge is 0.479 e. The molecule has 0 radical (unpaired) electrons. The standard InChI is InChI=1S/C17H14FNO4/c1-10-16(20)19(14-8-13(18)6-7-15(14)23-10)9-11-2-4-12(5-3-11)17(21)22/h2-8,10H,9H2,1H3,(H,21,22)/t10-/m1/s1. The number of nitrogens with zero attached hydrogens (tertiary/aromatic N) is 1. The molecule has 2 aromatic carbocycles.